The fraction of sp³-hybridized carbons (Fsp3) is 0.190. The van der Waals surface area contributed by atoms with Crippen LogP contribution in [0, 0.1) is 20.8 Å². The molecule has 0 bridgehead atoms. The van der Waals surface area contributed by atoms with Gasteiger partial charge in [0.15, 0.2) is 0 Å². The molecule has 0 aliphatic heterocycles. The van der Waals surface area contributed by atoms with Crippen LogP contribution in [-0.2, 0) is 6.54 Å². The summed E-state index contributed by atoms with van der Waals surface area (Å²) in [5.74, 6) is 0.180. The normalized spacial score (nSPS) is 10.4. The summed E-state index contributed by atoms with van der Waals surface area (Å²) in [5.41, 5.74) is 5.64. The molecule has 5 heteroatoms. The maximum absolute atomic E-state index is 12.5. The van der Waals surface area contributed by atoms with Gasteiger partial charge >= 0.3 is 0 Å². The molecule has 0 radical (unpaired) electrons. The van der Waals surface area contributed by atoms with Crippen molar-refractivity contribution in [3.63, 3.8) is 0 Å². The quantitative estimate of drug-likeness (QED) is 0.724. The third-order valence-electron chi connectivity index (χ3n) is 4.27. The molecular weight excluding hydrogens is 324 g/mol. The summed E-state index contributed by atoms with van der Waals surface area (Å²) in [5, 5.41) is 6.08. The Morgan fingerprint density at radius 1 is 1.04 bits per heavy atom. The number of aryl methyl sites for hydroxylation is 2. The van der Waals surface area contributed by atoms with Gasteiger partial charge in [0.2, 0.25) is 5.95 Å². The number of carbonyl (C=O) groups is 1. The lowest BCUT2D eigenvalue weighted by Gasteiger charge is -2.11. The van der Waals surface area contributed by atoms with E-state index in [2.05, 4.69) is 39.7 Å². The summed E-state index contributed by atoms with van der Waals surface area (Å²) in [7, 11) is 0. The van der Waals surface area contributed by atoms with E-state index in [4.69, 9.17) is 0 Å². The molecule has 5 nitrogen and oxygen atoms in total. The highest BCUT2D eigenvalue weighted by atomic mass is 16.1. The summed E-state index contributed by atoms with van der Waals surface area (Å²) in [6.07, 6.45) is 1.59. The third kappa shape index (κ3) is 4.25. The Balaban J connectivity index is 1.70. The highest BCUT2D eigenvalue weighted by molar-refractivity contribution is 6.03. The van der Waals surface area contributed by atoms with Crippen LogP contribution in [0.3, 0.4) is 0 Å². The van der Waals surface area contributed by atoms with E-state index in [1.165, 1.54) is 5.56 Å². The predicted molar refractivity (Wildman–Crippen MR) is 104 cm³/mol. The van der Waals surface area contributed by atoms with Crippen LogP contribution in [0.4, 0.5) is 11.6 Å². The van der Waals surface area contributed by atoms with Gasteiger partial charge in [-0.05, 0) is 49.6 Å². The van der Waals surface area contributed by atoms with E-state index in [9.17, 15) is 4.79 Å². The Hall–Kier alpha value is -3.21. The first-order valence-corrected chi connectivity index (χ1v) is 8.53. The van der Waals surface area contributed by atoms with Crippen molar-refractivity contribution in [1.29, 1.82) is 0 Å². The van der Waals surface area contributed by atoms with Crippen molar-refractivity contribution in [1.82, 2.24) is 9.97 Å². The van der Waals surface area contributed by atoms with Crippen molar-refractivity contribution >= 4 is 17.5 Å². The van der Waals surface area contributed by atoms with Crippen LogP contribution in [0.5, 0.6) is 0 Å². The Morgan fingerprint density at radius 2 is 1.85 bits per heavy atom. The summed E-state index contributed by atoms with van der Waals surface area (Å²) in [6.45, 7) is 6.66. The van der Waals surface area contributed by atoms with Crippen LogP contribution in [0.2, 0.25) is 0 Å². The van der Waals surface area contributed by atoms with E-state index in [-0.39, 0.29) is 5.91 Å². The SMILES string of the molecule is Cc1cccc(CNc2nccc(C(=O)Nc3cccc(C)c3C)n2)c1. The van der Waals surface area contributed by atoms with Crippen LogP contribution < -0.4 is 10.6 Å². The van der Waals surface area contributed by atoms with Gasteiger partial charge in [0.1, 0.15) is 5.69 Å². The highest BCUT2D eigenvalue weighted by Crippen LogP contribution is 2.18. The standard InChI is InChI=1S/C21H22N4O/c1-14-6-4-8-17(12-14)13-23-21-22-11-10-19(25-21)20(26)24-18-9-5-7-15(2)16(18)3/h4-12H,13H2,1-3H3,(H,24,26)(H,22,23,25). The lowest BCUT2D eigenvalue weighted by molar-refractivity contribution is 0.102. The van der Waals surface area contributed by atoms with Crippen molar-refractivity contribution in [2.45, 2.75) is 27.3 Å². The smallest absolute Gasteiger partial charge is 0.274 e. The van der Waals surface area contributed by atoms with Gasteiger partial charge in [0.25, 0.3) is 5.91 Å². The number of nitrogens with zero attached hydrogens (tertiary/aromatic N) is 2. The van der Waals surface area contributed by atoms with Crippen LogP contribution in [0.1, 0.15) is 32.7 Å². The molecule has 26 heavy (non-hydrogen) atoms. The van der Waals surface area contributed by atoms with Gasteiger partial charge in [-0.1, -0.05) is 42.0 Å². The Labute approximate surface area is 153 Å². The van der Waals surface area contributed by atoms with Gasteiger partial charge < -0.3 is 10.6 Å². The number of nitrogens with one attached hydrogen (secondary N) is 2. The Morgan fingerprint density at radius 3 is 2.65 bits per heavy atom. The van der Waals surface area contributed by atoms with Gasteiger partial charge in [-0.25, -0.2) is 9.97 Å². The average molecular weight is 346 g/mol. The lowest BCUT2D eigenvalue weighted by atomic mass is 10.1. The number of rotatable bonds is 5. The number of hydrogen-bond donors (Lipinski definition) is 2. The van der Waals surface area contributed by atoms with E-state index < -0.39 is 0 Å². The summed E-state index contributed by atoms with van der Waals surface area (Å²) >= 11 is 0. The zero-order valence-corrected chi connectivity index (χ0v) is 15.2. The predicted octanol–water partition coefficient (Wildman–Crippen LogP) is 4.27. The van der Waals surface area contributed by atoms with Crippen molar-refractivity contribution in [3.8, 4) is 0 Å². The van der Waals surface area contributed by atoms with Gasteiger partial charge in [-0.15, -0.1) is 0 Å². The molecule has 0 fully saturated rings. The number of hydrogen-bond acceptors (Lipinski definition) is 4. The molecule has 1 aromatic heterocycles. The number of anilines is 2. The van der Waals surface area contributed by atoms with E-state index in [1.54, 1.807) is 12.3 Å². The number of amides is 1. The zero-order chi connectivity index (χ0) is 18.5. The molecule has 0 unspecified atom stereocenters. The number of aromatic nitrogens is 2. The monoisotopic (exact) mass is 346 g/mol. The van der Waals surface area contributed by atoms with E-state index in [0.29, 0.717) is 18.2 Å². The molecule has 0 saturated heterocycles. The highest BCUT2D eigenvalue weighted by Gasteiger charge is 2.11. The molecule has 1 heterocycles. The van der Waals surface area contributed by atoms with Crippen LogP contribution >= 0.6 is 0 Å². The fourth-order valence-electron chi connectivity index (χ4n) is 2.65. The molecule has 132 valence electrons. The molecule has 2 N–H and O–H groups in total. The van der Waals surface area contributed by atoms with Crippen molar-refractivity contribution in [3.05, 3.63) is 82.7 Å². The minimum absolute atomic E-state index is 0.250. The molecule has 0 aliphatic carbocycles. The average Bonchev–Trinajstić information content (AvgIpc) is 2.64. The molecule has 1 amide bonds. The second-order valence-electron chi connectivity index (χ2n) is 6.31. The Bertz CT molecular complexity index is 937. The summed E-state index contributed by atoms with van der Waals surface area (Å²) in [6, 6.07) is 15.6. The molecule has 0 atom stereocenters. The minimum atomic E-state index is -0.250. The van der Waals surface area contributed by atoms with Gasteiger partial charge in [0, 0.05) is 18.4 Å². The number of benzene rings is 2. The largest absolute Gasteiger partial charge is 0.350 e. The van der Waals surface area contributed by atoms with E-state index >= 15 is 0 Å². The number of carbonyl (C=O) groups excluding carboxylic acids is 1. The lowest BCUT2D eigenvalue weighted by Crippen LogP contribution is -2.16. The van der Waals surface area contributed by atoms with Gasteiger partial charge in [-0.3, -0.25) is 4.79 Å². The fourth-order valence-corrected chi connectivity index (χ4v) is 2.65. The van der Waals surface area contributed by atoms with Crippen molar-refractivity contribution in [2.75, 3.05) is 10.6 Å². The first kappa shape index (κ1) is 17.6. The second kappa shape index (κ2) is 7.78. The maximum atomic E-state index is 12.5. The first-order valence-electron chi connectivity index (χ1n) is 8.53. The summed E-state index contributed by atoms with van der Waals surface area (Å²) < 4.78 is 0. The van der Waals surface area contributed by atoms with E-state index in [0.717, 1.165) is 22.4 Å². The molecule has 2 aromatic carbocycles. The maximum Gasteiger partial charge on any atom is 0.274 e. The molecule has 0 saturated carbocycles. The summed E-state index contributed by atoms with van der Waals surface area (Å²) in [4.78, 5) is 21.0. The van der Waals surface area contributed by atoms with Crippen LogP contribution in [0.15, 0.2) is 54.7 Å². The van der Waals surface area contributed by atoms with Crippen LogP contribution in [-0.4, -0.2) is 15.9 Å². The molecular formula is C21H22N4O. The minimum Gasteiger partial charge on any atom is -0.350 e. The first-order chi connectivity index (χ1) is 12.5. The van der Waals surface area contributed by atoms with Gasteiger partial charge in [-0.2, -0.15) is 0 Å². The van der Waals surface area contributed by atoms with Crippen LogP contribution in [0.25, 0.3) is 0 Å². The molecule has 3 rings (SSSR count). The second-order valence-corrected chi connectivity index (χ2v) is 6.31. The Kier molecular flexibility index (Phi) is 5.27. The van der Waals surface area contributed by atoms with Crippen molar-refractivity contribution < 1.29 is 4.79 Å². The topological polar surface area (TPSA) is 66.9 Å². The zero-order valence-electron chi connectivity index (χ0n) is 15.2. The molecule has 0 aliphatic rings. The van der Waals surface area contributed by atoms with Gasteiger partial charge in [0.05, 0.1) is 0 Å². The third-order valence-corrected chi connectivity index (χ3v) is 4.27. The molecule has 3 aromatic rings. The molecule has 0 spiro atoms. The van der Waals surface area contributed by atoms with Crippen molar-refractivity contribution in [2.24, 2.45) is 0 Å². The van der Waals surface area contributed by atoms with E-state index in [1.807, 2.05) is 44.2 Å².